The van der Waals surface area contributed by atoms with E-state index >= 15 is 0 Å². The largest absolute Gasteiger partial charge is 0.497 e. The smallest absolute Gasteiger partial charge is 0.323 e. The standard InChI is InChI=1S/C24H23N3O4/c1-30-21-9-5-8-19(13-21)25-24(29)26-20-10-11-22-18(12-20)15-27(23(28)16-31-22)14-17-6-3-2-4-7-17/h2-13H,14-16H2,1H3,(H2,25,26,29). The highest BCUT2D eigenvalue weighted by molar-refractivity contribution is 6.00. The van der Waals surface area contributed by atoms with Gasteiger partial charge in [0.1, 0.15) is 11.5 Å². The third-order valence-corrected chi connectivity index (χ3v) is 4.93. The molecule has 0 aromatic heterocycles. The molecule has 3 aromatic carbocycles. The molecule has 0 aliphatic carbocycles. The third kappa shape index (κ3) is 5.14. The Bertz CT molecular complexity index is 1090. The minimum Gasteiger partial charge on any atom is -0.497 e. The zero-order valence-corrected chi connectivity index (χ0v) is 17.1. The summed E-state index contributed by atoms with van der Waals surface area (Å²) in [5, 5.41) is 5.60. The van der Waals surface area contributed by atoms with Gasteiger partial charge in [-0.15, -0.1) is 0 Å². The van der Waals surface area contributed by atoms with Crippen LogP contribution in [0, 0.1) is 0 Å². The number of carbonyl (C=O) groups is 2. The first-order chi connectivity index (χ1) is 15.1. The maximum Gasteiger partial charge on any atom is 0.323 e. The summed E-state index contributed by atoms with van der Waals surface area (Å²) in [5.74, 6) is 1.22. The number of nitrogens with zero attached hydrogens (tertiary/aromatic N) is 1. The second-order valence-electron chi connectivity index (χ2n) is 7.16. The van der Waals surface area contributed by atoms with Gasteiger partial charge in [0.2, 0.25) is 0 Å². The Morgan fingerprint density at radius 2 is 1.77 bits per heavy atom. The van der Waals surface area contributed by atoms with E-state index in [2.05, 4.69) is 10.6 Å². The van der Waals surface area contributed by atoms with Gasteiger partial charge in [0.25, 0.3) is 5.91 Å². The number of urea groups is 1. The van der Waals surface area contributed by atoms with Crippen molar-refractivity contribution in [2.45, 2.75) is 13.1 Å². The number of nitrogens with one attached hydrogen (secondary N) is 2. The fourth-order valence-corrected chi connectivity index (χ4v) is 3.39. The molecule has 0 saturated heterocycles. The van der Waals surface area contributed by atoms with Gasteiger partial charge in [-0.2, -0.15) is 0 Å². The van der Waals surface area contributed by atoms with Crippen LogP contribution in [0.5, 0.6) is 11.5 Å². The monoisotopic (exact) mass is 417 g/mol. The summed E-state index contributed by atoms with van der Waals surface area (Å²) in [6.07, 6.45) is 0. The summed E-state index contributed by atoms with van der Waals surface area (Å²) < 4.78 is 10.8. The van der Waals surface area contributed by atoms with Crippen LogP contribution >= 0.6 is 0 Å². The van der Waals surface area contributed by atoms with E-state index in [1.54, 1.807) is 48.4 Å². The van der Waals surface area contributed by atoms with E-state index in [0.29, 0.717) is 36.0 Å². The van der Waals surface area contributed by atoms with Crippen molar-refractivity contribution in [1.82, 2.24) is 4.90 Å². The van der Waals surface area contributed by atoms with Crippen LogP contribution in [0.15, 0.2) is 72.8 Å². The first-order valence-electron chi connectivity index (χ1n) is 9.90. The van der Waals surface area contributed by atoms with E-state index in [0.717, 1.165) is 11.1 Å². The Morgan fingerprint density at radius 1 is 1.00 bits per heavy atom. The topological polar surface area (TPSA) is 79.9 Å². The molecule has 1 aliphatic rings. The van der Waals surface area contributed by atoms with Crippen molar-refractivity contribution in [3.63, 3.8) is 0 Å². The first-order valence-corrected chi connectivity index (χ1v) is 9.90. The molecule has 0 bridgehead atoms. The maximum atomic E-state index is 12.5. The third-order valence-electron chi connectivity index (χ3n) is 4.93. The molecule has 7 nitrogen and oxygen atoms in total. The van der Waals surface area contributed by atoms with Crippen LogP contribution in [-0.4, -0.2) is 30.6 Å². The van der Waals surface area contributed by atoms with Gasteiger partial charge in [0, 0.05) is 36.1 Å². The van der Waals surface area contributed by atoms with Crippen molar-refractivity contribution in [2.75, 3.05) is 24.4 Å². The molecule has 0 unspecified atom stereocenters. The van der Waals surface area contributed by atoms with Gasteiger partial charge < -0.3 is 25.0 Å². The molecule has 4 rings (SSSR count). The molecule has 158 valence electrons. The van der Waals surface area contributed by atoms with E-state index in [4.69, 9.17) is 9.47 Å². The number of methoxy groups -OCH3 is 1. The van der Waals surface area contributed by atoms with E-state index in [-0.39, 0.29) is 18.5 Å². The number of ether oxygens (including phenoxy) is 2. The summed E-state index contributed by atoms with van der Waals surface area (Å²) in [6, 6.07) is 21.9. The van der Waals surface area contributed by atoms with Crippen LogP contribution in [0.1, 0.15) is 11.1 Å². The Kier molecular flexibility index (Phi) is 6.03. The minimum atomic E-state index is -0.375. The average Bonchev–Trinajstić information content (AvgIpc) is 2.93. The van der Waals surface area contributed by atoms with Crippen LogP contribution in [0.25, 0.3) is 0 Å². The van der Waals surface area contributed by atoms with Crippen LogP contribution in [0.3, 0.4) is 0 Å². The van der Waals surface area contributed by atoms with Gasteiger partial charge in [-0.05, 0) is 35.9 Å². The number of carbonyl (C=O) groups excluding carboxylic acids is 2. The highest BCUT2D eigenvalue weighted by Crippen LogP contribution is 2.28. The number of rotatable bonds is 5. The molecule has 1 aliphatic heterocycles. The fraction of sp³-hybridized carbons (Fsp3) is 0.167. The fourth-order valence-electron chi connectivity index (χ4n) is 3.39. The lowest BCUT2D eigenvalue weighted by atomic mass is 10.1. The second-order valence-corrected chi connectivity index (χ2v) is 7.16. The Labute approximate surface area is 180 Å². The van der Waals surface area contributed by atoms with Crippen LogP contribution < -0.4 is 20.1 Å². The van der Waals surface area contributed by atoms with Crippen molar-refractivity contribution in [3.8, 4) is 11.5 Å². The molecule has 1 heterocycles. The maximum absolute atomic E-state index is 12.5. The predicted molar refractivity (Wildman–Crippen MR) is 118 cm³/mol. The number of anilines is 2. The lowest BCUT2D eigenvalue weighted by Crippen LogP contribution is -2.31. The predicted octanol–water partition coefficient (Wildman–Crippen LogP) is 4.26. The normalized spacial score (nSPS) is 12.9. The van der Waals surface area contributed by atoms with Crippen molar-refractivity contribution < 1.29 is 19.1 Å². The van der Waals surface area contributed by atoms with Crippen LogP contribution in [0.2, 0.25) is 0 Å². The van der Waals surface area contributed by atoms with Crippen molar-refractivity contribution in [2.24, 2.45) is 0 Å². The molecule has 31 heavy (non-hydrogen) atoms. The van der Waals surface area contributed by atoms with Gasteiger partial charge in [-0.1, -0.05) is 36.4 Å². The number of hydrogen-bond donors (Lipinski definition) is 2. The Morgan fingerprint density at radius 3 is 2.55 bits per heavy atom. The molecule has 0 atom stereocenters. The quantitative estimate of drug-likeness (QED) is 0.650. The molecule has 2 N–H and O–H groups in total. The van der Waals surface area contributed by atoms with Crippen LogP contribution in [-0.2, 0) is 17.9 Å². The van der Waals surface area contributed by atoms with Gasteiger partial charge in [-0.25, -0.2) is 4.79 Å². The Hall–Kier alpha value is -4.00. The number of fused-ring (bicyclic) bond motifs is 1. The zero-order chi connectivity index (χ0) is 21.6. The lowest BCUT2D eigenvalue weighted by molar-refractivity contribution is -0.133. The van der Waals surface area contributed by atoms with Crippen molar-refractivity contribution in [1.29, 1.82) is 0 Å². The SMILES string of the molecule is COc1cccc(NC(=O)Nc2ccc3c(c2)CN(Cc2ccccc2)C(=O)CO3)c1. The highest BCUT2D eigenvalue weighted by Gasteiger charge is 2.22. The molecular formula is C24H23N3O4. The van der Waals surface area contributed by atoms with Gasteiger partial charge in [-0.3, -0.25) is 4.79 Å². The summed E-state index contributed by atoms with van der Waals surface area (Å²) in [7, 11) is 1.57. The van der Waals surface area contributed by atoms with E-state index in [9.17, 15) is 9.59 Å². The zero-order valence-electron chi connectivity index (χ0n) is 17.1. The second kappa shape index (κ2) is 9.21. The summed E-state index contributed by atoms with van der Waals surface area (Å²) in [6.45, 7) is 0.884. The lowest BCUT2D eigenvalue weighted by Gasteiger charge is -2.20. The van der Waals surface area contributed by atoms with Gasteiger partial charge in [0.05, 0.1) is 7.11 Å². The van der Waals surface area contributed by atoms with E-state index < -0.39 is 0 Å². The first kappa shape index (κ1) is 20.3. The number of amides is 3. The van der Waals surface area contributed by atoms with Crippen molar-refractivity contribution in [3.05, 3.63) is 83.9 Å². The number of benzene rings is 3. The Balaban J connectivity index is 1.46. The molecule has 7 heteroatoms. The molecule has 0 radical (unpaired) electrons. The average molecular weight is 417 g/mol. The van der Waals surface area contributed by atoms with Crippen molar-refractivity contribution >= 4 is 23.3 Å². The molecule has 3 aromatic rings. The molecular weight excluding hydrogens is 394 g/mol. The van der Waals surface area contributed by atoms with Crippen LogP contribution in [0.4, 0.5) is 16.2 Å². The van der Waals surface area contributed by atoms with E-state index in [1.807, 2.05) is 36.4 Å². The highest BCUT2D eigenvalue weighted by atomic mass is 16.5. The minimum absolute atomic E-state index is 0.0110. The van der Waals surface area contributed by atoms with E-state index in [1.165, 1.54) is 0 Å². The number of hydrogen-bond acceptors (Lipinski definition) is 4. The van der Waals surface area contributed by atoms with Gasteiger partial charge >= 0.3 is 6.03 Å². The van der Waals surface area contributed by atoms with Gasteiger partial charge in [0.15, 0.2) is 6.61 Å². The summed E-state index contributed by atoms with van der Waals surface area (Å²) >= 11 is 0. The molecule has 3 amide bonds. The molecule has 0 saturated carbocycles. The molecule has 0 fully saturated rings. The summed E-state index contributed by atoms with van der Waals surface area (Å²) in [5.41, 5.74) is 3.11. The summed E-state index contributed by atoms with van der Waals surface area (Å²) in [4.78, 5) is 26.7. The molecule has 0 spiro atoms.